The van der Waals surface area contributed by atoms with Gasteiger partial charge in [0, 0.05) is 24.7 Å². The van der Waals surface area contributed by atoms with Crippen molar-refractivity contribution < 1.29 is 27.7 Å². The number of aromatic nitrogens is 3. The van der Waals surface area contributed by atoms with E-state index in [1.165, 1.54) is 30.7 Å². The summed E-state index contributed by atoms with van der Waals surface area (Å²) in [6.45, 7) is 7.53. The summed E-state index contributed by atoms with van der Waals surface area (Å²) in [7, 11) is -3.50. The van der Waals surface area contributed by atoms with Crippen molar-refractivity contribution in [3.63, 3.8) is 0 Å². The summed E-state index contributed by atoms with van der Waals surface area (Å²) in [5.74, 6) is -0.574. The van der Waals surface area contributed by atoms with Crippen molar-refractivity contribution in [3.05, 3.63) is 18.6 Å². The highest BCUT2D eigenvalue weighted by Crippen LogP contribution is 2.50. The Morgan fingerprint density at radius 2 is 2.18 bits per heavy atom. The monoisotopic (exact) mass is 496 g/mol. The van der Waals surface area contributed by atoms with Gasteiger partial charge in [-0.05, 0) is 26.8 Å². The second-order valence-electron chi connectivity index (χ2n) is 8.96. The Morgan fingerprint density at radius 1 is 1.47 bits per heavy atom. The number of hydrogen-bond acceptors (Lipinski definition) is 9. The summed E-state index contributed by atoms with van der Waals surface area (Å²) in [5, 5.41) is 12.0. The molecule has 1 aliphatic heterocycles. The molecular formula is C21H30FN6O5P. The molecule has 1 aliphatic rings. The number of alkyl halides is 1. The van der Waals surface area contributed by atoms with Gasteiger partial charge in [-0.2, -0.15) is 5.26 Å². The fraction of sp³-hybridized carbons (Fsp3) is 0.619. The predicted octanol–water partition coefficient (Wildman–Crippen LogP) is 2.94. The molecule has 0 spiro atoms. The van der Waals surface area contributed by atoms with Crippen LogP contribution in [-0.2, 0) is 23.4 Å². The number of nitrogen functional groups attached to an aromatic ring is 1. The van der Waals surface area contributed by atoms with E-state index in [0.717, 1.165) is 0 Å². The molecule has 3 heterocycles. The Labute approximate surface area is 197 Å². The zero-order chi connectivity index (χ0) is 25.3. The van der Waals surface area contributed by atoms with Gasteiger partial charge >= 0.3 is 5.97 Å². The standard InChI is InChI=1S/C21H30FN6O5P/c1-12(2)32-20(29)13(3)27-34(5,30)31-10-15-21(4,7-8-23)17(22)19(33-15)28-11-26-16-14(24)6-9-25-18(16)28/h6,9,11-13,15,17,19H,7,10H2,1-5H3,(H2,24,25)(H,27,30)/t13-,15+,17-,19+,21?,34?/m0/s1. The number of pyridine rings is 1. The predicted molar refractivity (Wildman–Crippen MR) is 122 cm³/mol. The third-order valence-electron chi connectivity index (χ3n) is 5.75. The number of halogens is 1. The van der Waals surface area contributed by atoms with Crippen molar-refractivity contribution in [3.8, 4) is 6.07 Å². The van der Waals surface area contributed by atoms with E-state index >= 15 is 4.39 Å². The number of nitriles is 1. The van der Waals surface area contributed by atoms with Crippen molar-refractivity contribution in [2.75, 3.05) is 19.0 Å². The lowest BCUT2D eigenvalue weighted by atomic mass is 9.79. The molecule has 2 unspecified atom stereocenters. The summed E-state index contributed by atoms with van der Waals surface area (Å²) in [5.41, 5.74) is 5.80. The number of carbonyl (C=O) groups excluding carboxylic acids is 1. The molecule has 0 bridgehead atoms. The van der Waals surface area contributed by atoms with Crippen LogP contribution in [0.3, 0.4) is 0 Å². The fourth-order valence-electron chi connectivity index (χ4n) is 3.84. The average Bonchev–Trinajstić information content (AvgIpc) is 3.27. The van der Waals surface area contributed by atoms with Gasteiger partial charge in [-0.1, -0.05) is 6.92 Å². The molecule has 1 fully saturated rings. The highest BCUT2D eigenvalue weighted by Gasteiger charge is 2.55. The number of hydrogen-bond donors (Lipinski definition) is 2. The van der Waals surface area contributed by atoms with E-state index < -0.39 is 43.4 Å². The van der Waals surface area contributed by atoms with Gasteiger partial charge in [0.05, 0.1) is 36.9 Å². The first-order valence-electron chi connectivity index (χ1n) is 10.8. The van der Waals surface area contributed by atoms with Crippen LogP contribution in [0.25, 0.3) is 11.2 Å². The number of nitrogens with zero attached hydrogens (tertiary/aromatic N) is 4. The fourth-order valence-corrected chi connectivity index (χ4v) is 5.14. The molecule has 3 N–H and O–H groups in total. The Hall–Kier alpha value is -2.58. The van der Waals surface area contributed by atoms with Crippen molar-refractivity contribution in [2.45, 2.75) is 64.8 Å². The van der Waals surface area contributed by atoms with Gasteiger partial charge in [-0.15, -0.1) is 0 Å². The van der Waals surface area contributed by atoms with Gasteiger partial charge in [0.1, 0.15) is 11.6 Å². The Balaban J connectivity index is 1.78. The quantitative estimate of drug-likeness (QED) is 0.391. The summed E-state index contributed by atoms with van der Waals surface area (Å²) in [6.07, 6.45) is -1.30. The third-order valence-corrected chi connectivity index (χ3v) is 7.25. The van der Waals surface area contributed by atoms with Crippen LogP contribution in [-0.4, -0.2) is 58.2 Å². The van der Waals surface area contributed by atoms with Crippen LogP contribution in [0.15, 0.2) is 18.6 Å². The highest BCUT2D eigenvalue weighted by molar-refractivity contribution is 7.56. The number of rotatable bonds is 9. The van der Waals surface area contributed by atoms with Crippen LogP contribution in [0.2, 0.25) is 0 Å². The van der Waals surface area contributed by atoms with Gasteiger partial charge in [0.15, 0.2) is 18.0 Å². The minimum Gasteiger partial charge on any atom is -0.462 e. The molecule has 0 aromatic carbocycles. The molecule has 13 heteroatoms. The number of fused-ring (bicyclic) bond motifs is 1. The number of anilines is 1. The Bertz CT molecular complexity index is 1140. The van der Waals surface area contributed by atoms with Crippen LogP contribution in [0.1, 0.15) is 40.3 Å². The molecule has 2 aromatic rings. The zero-order valence-electron chi connectivity index (χ0n) is 19.8. The minimum absolute atomic E-state index is 0.167. The van der Waals surface area contributed by atoms with E-state index in [9.17, 15) is 14.6 Å². The Morgan fingerprint density at radius 3 is 2.82 bits per heavy atom. The first kappa shape index (κ1) is 26.0. The van der Waals surface area contributed by atoms with Crippen molar-refractivity contribution in [1.29, 1.82) is 5.26 Å². The molecule has 11 nitrogen and oxygen atoms in total. The lowest BCUT2D eigenvalue weighted by Crippen LogP contribution is -2.39. The molecule has 3 rings (SSSR count). The minimum atomic E-state index is -3.50. The zero-order valence-corrected chi connectivity index (χ0v) is 20.7. The average molecular weight is 496 g/mol. The van der Waals surface area contributed by atoms with E-state index in [-0.39, 0.29) is 19.1 Å². The van der Waals surface area contributed by atoms with Gasteiger partial charge < -0.3 is 19.7 Å². The van der Waals surface area contributed by atoms with Gasteiger partial charge in [0.25, 0.3) is 7.52 Å². The molecular weight excluding hydrogens is 466 g/mol. The van der Waals surface area contributed by atoms with E-state index in [4.69, 9.17) is 19.7 Å². The van der Waals surface area contributed by atoms with Crippen molar-refractivity contribution in [1.82, 2.24) is 19.6 Å². The maximum absolute atomic E-state index is 15.7. The third kappa shape index (κ3) is 5.23. The van der Waals surface area contributed by atoms with E-state index in [0.29, 0.717) is 16.9 Å². The molecule has 1 saturated heterocycles. The van der Waals surface area contributed by atoms with Crippen LogP contribution in [0, 0.1) is 16.7 Å². The normalized spacial score (nSPS) is 27.4. The van der Waals surface area contributed by atoms with Gasteiger partial charge in [-0.3, -0.25) is 13.9 Å². The summed E-state index contributed by atoms with van der Waals surface area (Å²) in [6, 6.07) is 2.70. The second kappa shape index (κ2) is 9.96. The smallest absolute Gasteiger partial charge is 0.323 e. The molecule has 0 amide bonds. The van der Waals surface area contributed by atoms with Crippen LogP contribution < -0.4 is 10.8 Å². The van der Waals surface area contributed by atoms with E-state index in [1.807, 2.05) is 6.07 Å². The molecule has 0 aliphatic carbocycles. The van der Waals surface area contributed by atoms with Crippen molar-refractivity contribution >= 4 is 30.3 Å². The van der Waals surface area contributed by atoms with Crippen molar-refractivity contribution in [2.24, 2.45) is 5.41 Å². The van der Waals surface area contributed by atoms with E-state index in [1.54, 1.807) is 26.8 Å². The highest BCUT2D eigenvalue weighted by atomic mass is 31.2. The number of carbonyl (C=O) groups is 1. The molecule has 6 atom stereocenters. The van der Waals surface area contributed by atoms with Crippen LogP contribution >= 0.6 is 7.52 Å². The van der Waals surface area contributed by atoms with Gasteiger partial charge in [0.2, 0.25) is 0 Å². The largest absolute Gasteiger partial charge is 0.462 e. The maximum Gasteiger partial charge on any atom is 0.323 e. The molecule has 0 radical (unpaired) electrons. The lowest BCUT2D eigenvalue weighted by molar-refractivity contribution is -0.149. The number of nitrogens with two attached hydrogens (primary N) is 1. The Kier molecular flexibility index (Phi) is 7.62. The van der Waals surface area contributed by atoms with Gasteiger partial charge in [-0.25, -0.2) is 19.4 Å². The number of nitrogens with one attached hydrogen (secondary N) is 1. The molecule has 186 valence electrons. The maximum atomic E-state index is 15.7. The van der Waals surface area contributed by atoms with Crippen LogP contribution in [0.5, 0.6) is 0 Å². The van der Waals surface area contributed by atoms with E-state index in [2.05, 4.69) is 15.1 Å². The SMILES string of the molecule is CC(C)OC(=O)[C@H](C)NP(C)(=O)OC[C@H]1O[C@@H](n2cnc3c(N)ccnc32)[C@H](F)C1(C)CC#N. The first-order valence-corrected chi connectivity index (χ1v) is 12.9. The number of imidazole rings is 1. The summed E-state index contributed by atoms with van der Waals surface area (Å²) >= 11 is 0. The number of esters is 1. The summed E-state index contributed by atoms with van der Waals surface area (Å²) in [4.78, 5) is 20.5. The number of ether oxygens (including phenoxy) is 2. The first-order chi connectivity index (χ1) is 15.9. The topological polar surface area (TPSA) is 154 Å². The lowest BCUT2D eigenvalue weighted by Gasteiger charge is -2.29. The van der Waals surface area contributed by atoms with Crippen LogP contribution in [0.4, 0.5) is 10.1 Å². The molecule has 2 aromatic heterocycles. The molecule has 0 saturated carbocycles. The summed E-state index contributed by atoms with van der Waals surface area (Å²) < 4.78 is 46.8. The molecule has 34 heavy (non-hydrogen) atoms. The second-order valence-corrected chi connectivity index (χ2v) is 11.2.